The van der Waals surface area contributed by atoms with Crippen molar-refractivity contribution in [1.82, 2.24) is 24.6 Å². The van der Waals surface area contributed by atoms with Crippen molar-refractivity contribution in [3.63, 3.8) is 0 Å². The maximum Gasteiger partial charge on any atom is 0.151 e. The summed E-state index contributed by atoms with van der Waals surface area (Å²) in [6, 6.07) is 2.42. The van der Waals surface area contributed by atoms with E-state index in [1.54, 1.807) is 6.33 Å². The highest BCUT2D eigenvalue weighted by molar-refractivity contribution is 6.30. The average molecular weight is 268 g/mol. The van der Waals surface area contributed by atoms with E-state index in [9.17, 15) is 0 Å². The Bertz CT molecular complexity index is 495. The highest BCUT2D eigenvalue weighted by Crippen LogP contribution is 2.12. The molecule has 6 heteroatoms. The van der Waals surface area contributed by atoms with Gasteiger partial charge in [0.05, 0.1) is 17.7 Å². The fourth-order valence-electron chi connectivity index (χ4n) is 1.69. The summed E-state index contributed by atoms with van der Waals surface area (Å²) >= 11 is 5.98. The summed E-state index contributed by atoms with van der Waals surface area (Å²) in [6.07, 6.45) is 3.71. The van der Waals surface area contributed by atoms with Gasteiger partial charge in [-0.25, -0.2) is 4.98 Å². The summed E-state index contributed by atoms with van der Waals surface area (Å²) in [6.45, 7) is 5.63. The summed E-state index contributed by atoms with van der Waals surface area (Å²) in [5.74, 6) is 0. The lowest BCUT2D eigenvalue weighted by Gasteiger charge is -2.05. The van der Waals surface area contributed by atoms with Gasteiger partial charge in [-0.05, 0) is 19.9 Å². The zero-order chi connectivity index (χ0) is 13.1. The van der Waals surface area contributed by atoms with Gasteiger partial charge in [-0.1, -0.05) is 11.6 Å². The number of hydrogen-bond donors (Lipinski definition) is 1. The van der Waals surface area contributed by atoms with Crippen LogP contribution < -0.4 is 5.32 Å². The molecule has 0 radical (unpaired) electrons. The molecule has 0 aliphatic heterocycles. The van der Waals surface area contributed by atoms with Crippen LogP contribution in [0.1, 0.15) is 31.3 Å². The normalized spacial score (nSPS) is 11.4. The first kappa shape index (κ1) is 13.1. The van der Waals surface area contributed by atoms with Crippen molar-refractivity contribution in [2.75, 3.05) is 0 Å². The molecule has 0 aliphatic carbocycles. The lowest BCUT2D eigenvalue weighted by molar-refractivity contribution is 0.520. The first-order valence-electron chi connectivity index (χ1n) is 5.98. The van der Waals surface area contributed by atoms with Crippen molar-refractivity contribution in [1.29, 1.82) is 0 Å². The van der Waals surface area contributed by atoms with Crippen LogP contribution in [-0.4, -0.2) is 19.3 Å². The number of aromatic nitrogens is 4. The SMILES string of the molecule is CC(C)n1ccc(CNCc2c(Cl)ncn2C)n1. The standard InChI is InChI=1S/C12H18ClN5/c1-9(2)18-5-4-10(16-18)6-14-7-11-12(13)15-8-17(11)3/h4-5,8-9,14H,6-7H2,1-3H3. The first-order chi connectivity index (χ1) is 8.58. The van der Waals surface area contributed by atoms with Crippen molar-refractivity contribution in [3.05, 3.63) is 35.1 Å². The number of rotatable bonds is 5. The molecular weight excluding hydrogens is 250 g/mol. The van der Waals surface area contributed by atoms with Crippen LogP contribution in [0.25, 0.3) is 0 Å². The molecule has 18 heavy (non-hydrogen) atoms. The van der Waals surface area contributed by atoms with Crippen LogP contribution in [0.15, 0.2) is 18.6 Å². The Balaban J connectivity index is 1.88. The summed E-state index contributed by atoms with van der Waals surface area (Å²) in [5.41, 5.74) is 2.02. The zero-order valence-electron chi connectivity index (χ0n) is 10.9. The molecule has 2 rings (SSSR count). The highest BCUT2D eigenvalue weighted by Gasteiger charge is 2.06. The largest absolute Gasteiger partial charge is 0.335 e. The number of nitrogens with zero attached hydrogens (tertiary/aromatic N) is 4. The molecule has 2 aromatic rings. The second kappa shape index (κ2) is 5.54. The zero-order valence-corrected chi connectivity index (χ0v) is 11.6. The molecular formula is C12H18ClN5. The van der Waals surface area contributed by atoms with E-state index in [4.69, 9.17) is 11.6 Å². The maximum absolute atomic E-state index is 5.98. The minimum Gasteiger partial charge on any atom is -0.335 e. The van der Waals surface area contributed by atoms with Gasteiger partial charge < -0.3 is 9.88 Å². The highest BCUT2D eigenvalue weighted by atomic mass is 35.5. The quantitative estimate of drug-likeness (QED) is 0.903. The molecule has 5 nitrogen and oxygen atoms in total. The van der Waals surface area contributed by atoms with Crippen LogP contribution in [0.4, 0.5) is 0 Å². The van der Waals surface area contributed by atoms with Gasteiger partial charge in [0.2, 0.25) is 0 Å². The van der Waals surface area contributed by atoms with E-state index in [1.165, 1.54) is 0 Å². The van der Waals surface area contributed by atoms with Crippen molar-refractivity contribution in [2.45, 2.75) is 33.0 Å². The molecule has 2 heterocycles. The third-order valence-corrected chi connectivity index (χ3v) is 3.12. The number of hydrogen-bond acceptors (Lipinski definition) is 3. The Labute approximate surface area is 112 Å². The molecule has 98 valence electrons. The minimum atomic E-state index is 0.394. The van der Waals surface area contributed by atoms with Crippen LogP contribution in [0.3, 0.4) is 0 Å². The maximum atomic E-state index is 5.98. The van der Waals surface area contributed by atoms with E-state index >= 15 is 0 Å². The third kappa shape index (κ3) is 2.91. The van der Waals surface area contributed by atoms with Crippen molar-refractivity contribution >= 4 is 11.6 Å². The molecule has 0 saturated carbocycles. The molecule has 0 aromatic carbocycles. The summed E-state index contributed by atoms with van der Waals surface area (Å²) in [4.78, 5) is 4.04. The van der Waals surface area contributed by atoms with Gasteiger partial charge in [-0.15, -0.1) is 0 Å². The summed E-state index contributed by atoms with van der Waals surface area (Å²) in [5, 5.41) is 8.34. The third-order valence-electron chi connectivity index (χ3n) is 2.80. The van der Waals surface area contributed by atoms with Crippen LogP contribution in [0.5, 0.6) is 0 Å². The van der Waals surface area contributed by atoms with E-state index in [0.717, 1.165) is 17.9 Å². The lowest BCUT2D eigenvalue weighted by atomic mass is 10.4. The van der Waals surface area contributed by atoms with Crippen LogP contribution in [0.2, 0.25) is 5.15 Å². The molecule has 0 fully saturated rings. The Morgan fingerprint density at radius 2 is 2.17 bits per heavy atom. The van der Waals surface area contributed by atoms with Gasteiger partial charge in [-0.2, -0.15) is 5.10 Å². The fourth-order valence-corrected chi connectivity index (χ4v) is 1.94. The monoisotopic (exact) mass is 267 g/mol. The van der Waals surface area contributed by atoms with Crippen molar-refractivity contribution < 1.29 is 0 Å². The molecule has 1 N–H and O–H groups in total. The van der Waals surface area contributed by atoms with E-state index in [-0.39, 0.29) is 0 Å². The second-order valence-electron chi connectivity index (χ2n) is 4.58. The minimum absolute atomic E-state index is 0.394. The average Bonchev–Trinajstić information content (AvgIpc) is 2.90. The van der Waals surface area contributed by atoms with Gasteiger partial charge in [0.15, 0.2) is 5.15 Å². The summed E-state index contributed by atoms with van der Waals surface area (Å²) in [7, 11) is 1.93. The topological polar surface area (TPSA) is 47.7 Å². The number of nitrogens with one attached hydrogen (secondary N) is 1. The van der Waals surface area contributed by atoms with Crippen LogP contribution in [0, 0.1) is 0 Å². The molecule has 0 atom stereocenters. The fraction of sp³-hybridized carbons (Fsp3) is 0.500. The van der Waals surface area contributed by atoms with Gasteiger partial charge in [0, 0.05) is 32.4 Å². The summed E-state index contributed by atoms with van der Waals surface area (Å²) < 4.78 is 3.87. The molecule has 0 unspecified atom stereocenters. The van der Waals surface area contributed by atoms with E-state index in [0.29, 0.717) is 17.7 Å². The Kier molecular flexibility index (Phi) is 4.04. The van der Waals surface area contributed by atoms with Gasteiger partial charge in [0.1, 0.15) is 0 Å². The lowest BCUT2D eigenvalue weighted by Crippen LogP contribution is -2.16. The smallest absolute Gasteiger partial charge is 0.151 e. The van der Waals surface area contributed by atoms with Gasteiger partial charge in [-0.3, -0.25) is 4.68 Å². The van der Waals surface area contributed by atoms with Crippen molar-refractivity contribution in [2.24, 2.45) is 7.05 Å². The molecule has 0 bridgehead atoms. The number of aryl methyl sites for hydroxylation is 1. The van der Waals surface area contributed by atoms with Crippen LogP contribution in [-0.2, 0) is 20.1 Å². The first-order valence-corrected chi connectivity index (χ1v) is 6.36. The second-order valence-corrected chi connectivity index (χ2v) is 4.94. The van der Waals surface area contributed by atoms with Gasteiger partial charge >= 0.3 is 0 Å². The van der Waals surface area contributed by atoms with Gasteiger partial charge in [0.25, 0.3) is 0 Å². The Morgan fingerprint density at radius 3 is 2.72 bits per heavy atom. The van der Waals surface area contributed by atoms with E-state index in [2.05, 4.69) is 29.2 Å². The predicted molar refractivity (Wildman–Crippen MR) is 71.4 cm³/mol. The van der Waals surface area contributed by atoms with E-state index in [1.807, 2.05) is 28.6 Å². The predicted octanol–water partition coefficient (Wildman–Crippen LogP) is 2.14. The molecule has 0 spiro atoms. The van der Waals surface area contributed by atoms with E-state index < -0.39 is 0 Å². The number of halogens is 1. The molecule has 0 amide bonds. The Hall–Kier alpha value is -1.33. The van der Waals surface area contributed by atoms with Crippen molar-refractivity contribution in [3.8, 4) is 0 Å². The van der Waals surface area contributed by atoms with Crippen LogP contribution >= 0.6 is 11.6 Å². The molecule has 0 saturated heterocycles. The molecule has 0 aliphatic rings. The Morgan fingerprint density at radius 1 is 1.39 bits per heavy atom. The molecule has 2 aromatic heterocycles. The number of imidazole rings is 1.